The lowest BCUT2D eigenvalue weighted by atomic mass is 9.95. The van der Waals surface area contributed by atoms with Crippen LogP contribution in [0.1, 0.15) is 48.1 Å². The summed E-state index contributed by atoms with van der Waals surface area (Å²) < 4.78 is 0. The Morgan fingerprint density at radius 1 is 1.22 bits per heavy atom. The first-order chi connectivity index (χ1) is 11.3. The zero-order valence-corrected chi connectivity index (χ0v) is 13.5. The van der Waals surface area contributed by atoms with E-state index >= 15 is 0 Å². The van der Waals surface area contributed by atoms with E-state index < -0.39 is 0 Å². The van der Waals surface area contributed by atoms with Crippen molar-refractivity contribution in [2.45, 2.75) is 32.2 Å². The van der Waals surface area contributed by atoms with E-state index in [1.807, 2.05) is 47.5 Å². The molecule has 1 fully saturated rings. The molecule has 0 unspecified atom stereocenters. The van der Waals surface area contributed by atoms with Crippen molar-refractivity contribution in [1.29, 1.82) is 0 Å². The van der Waals surface area contributed by atoms with Crippen molar-refractivity contribution >= 4 is 11.7 Å². The SMILES string of the molecule is CCNc1ccc([C@H]2CCCCN2C(=O)c2ccccc2)cn1. The summed E-state index contributed by atoms with van der Waals surface area (Å²) in [5.41, 5.74) is 1.88. The highest BCUT2D eigenvalue weighted by Crippen LogP contribution is 2.32. The van der Waals surface area contributed by atoms with E-state index in [2.05, 4.69) is 23.3 Å². The number of hydrogen-bond acceptors (Lipinski definition) is 3. The molecule has 0 radical (unpaired) electrons. The van der Waals surface area contributed by atoms with Crippen LogP contribution in [0.3, 0.4) is 0 Å². The average molecular weight is 309 g/mol. The number of aromatic nitrogens is 1. The molecular formula is C19H23N3O. The molecule has 2 heterocycles. The van der Waals surface area contributed by atoms with Crippen molar-refractivity contribution in [3.05, 3.63) is 59.8 Å². The number of nitrogens with one attached hydrogen (secondary N) is 1. The molecule has 2 aromatic rings. The van der Waals surface area contributed by atoms with Crippen LogP contribution in [-0.4, -0.2) is 28.9 Å². The van der Waals surface area contributed by atoms with Crippen molar-refractivity contribution < 1.29 is 4.79 Å². The van der Waals surface area contributed by atoms with Crippen molar-refractivity contribution in [3.63, 3.8) is 0 Å². The second-order valence-electron chi connectivity index (χ2n) is 5.88. The van der Waals surface area contributed by atoms with Crippen LogP contribution in [0.5, 0.6) is 0 Å². The minimum absolute atomic E-state index is 0.117. The lowest BCUT2D eigenvalue weighted by Gasteiger charge is -2.36. The molecule has 1 aliphatic heterocycles. The molecule has 120 valence electrons. The van der Waals surface area contributed by atoms with Gasteiger partial charge in [0.05, 0.1) is 6.04 Å². The van der Waals surface area contributed by atoms with E-state index in [-0.39, 0.29) is 11.9 Å². The number of piperidine rings is 1. The van der Waals surface area contributed by atoms with Crippen molar-refractivity contribution in [2.75, 3.05) is 18.4 Å². The summed E-state index contributed by atoms with van der Waals surface area (Å²) >= 11 is 0. The molecule has 23 heavy (non-hydrogen) atoms. The molecule has 1 atom stereocenters. The van der Waals surface area contributed by atoms with E-state index in [1.165, 1.54) is 0 Å². The van der Waals surface area contributed by atoms with Gasteiger partial charge in [-0.25, -0.2) is 4.98 Å². The lowest BCUT2D eigenvalue weighted by Crippen LogP contribution is -2.38. The number of anilines is 1. The maximum atomic E-state index is 12.8. The summed E-state index contributed by atoms with van der Waals surface area (Å²) in [7, 11) is 0. The molecule has 0 saturated carbocycles. The van der Waals surface area contributed by atoms with Gasteiger partial charge in [-0.05, 0) is 49.9 Å². The minimum atomic E-state index is 0.117. The van der Waals surface area contributed by atoms with Gasteiger partial charge < -0.3 is 10.2 Å². The van der Waals surface area contributed by atoms with Crippen LogP contribution < -0.4 is 5.32 Å². The van der Waals surface area contributed by atoms with Gasteiger partial charge in [0.15, 0.2) is 0 Å². The molecule has 4 nitrogen and oxygen atoms in total. The zero-order chi connectivity index (χ0) is 16.1. The topological polar surface area (TPSA) is 45.2 Å². The third-order valence-electron chi connectivity index (χ3n) is 4.31. The molecule has 1 aliphatic rings. The Labute approximate surface area is 137 Å². The Morgan fingerprint density at radius 3 is 2.74 bits per heavy atom. The molecule has 4 heteroatoms. The second kappa shape index (κ2) is 7.27. The molecule has 1 amide bonds. The quantitative estimate of drug-likeness (QED) is 0.932. The predicted molar refractivity (Wildman–Crippen MR) is 92.5 cm³/mol. The number of hydrogen-bond donors (Lipinski definition) is 1. The third-order valence-corrected chi connectivity index (χ3v) is 4.31. The van der Waals surface area contributed by atoms with Crippen molar-refractivity contribution in [1.82, 2.24) is 9.88 Å². The van der Waals surface area contributed by atoms with Crippen LogP contribution >= 0.6 is 0 Å². The first-order valence-electron chi connectivity index (χ1n) is 8.35. The molecule has 1 aromatic heterocycles. The van der Waals surface area contributed by atoms with Gasteiger partial charge in [-0.2, -0.15) is 0 Å². The molecular weight excluding hydrogens is 286 g/mol. The summed E-state index contributed by atoms with van der Waals surface area (Å²) in [5, 5.41) is 3.21. The van der Waals surface area contributed by atoms with Gasteiger partial charge in [0, 0.05) is 24.8 Å². The van der Waals surface area contributed by atoms with Crippen LogP contribution in [0.15, 0.2) is 48.7 Å². The third kappa shape index (κ3) is 3.52. The Morgan fingerprint density at radius 2 is 2.04 bits per heavy atom. The van der Waals surface area contributed by atoms with Crippen LogP contribution in [0.2, 0.25) is 0 Å². The number of likely N-dealkylation sites (tertiary alicyclic amines) is 1. The van der Waals surface area contributed by atoms with Crippen LogP contribution in [-0.2, 0) is 0 Å². The summed E-state index contributed by atoms with van der Waals surface area (Å²) in [5.74, 6) is 0.999. The van der Waals surface area contributed by atoms with Gasteiger partial charge in [0.1, 0.15) is 5.82 Å². The summed E-state index contributed by atoms with van der Waals surface area (Å²) in [6, 6.07) is 13.8. The first-order valence-corrected chi connectivity index (χ1v) is 8.35. The Bertz CT molecular complexity index is 639. The fraction of sp³-hybridized carbons (Fsp3) is 0.368. The normalized spacial score (nSPS) is 17.8. The molecule has 0 aliphatic carbocycles. The maximum absolute atomic E-state index is 12.8. The largest absolute Gasteiger partial charge is 0.370 e. The number of pyridine rings is 1. The fourth-order valence-electron chi connectivity index (χ4n) is 3.16. The highest BCUT2D eigenvalue weighted by molar-refractivity contribution is 5.94. The van der Waals surface area contributed by atoms with Crippen LogP contribution in [0, 0.1) is 0 Å². The fourth-order valence-corrected chi connectivity index (χ4v) is 3.16. The van der Waals surface area contributed by atoms with Crippen LogP contribution in [0.25, 0.3) is 0 Å². The van der Waals surface area contributed by atoms with Gasteiger partial charge >= 0.3 is 0 Å². The summed E-state index contributed by atoms with van der Waals surface area (Å²) in [6.07, 6.45) is 5.12. The standard InChI is InChI=1S/C19H23N3O/c1-2-20-18-12-11-16(14-21-18)17-10-6-7-13-22(17)19(23)15-8-4-3-5-9-15/h3-5,8-9,11-12,14,17H,2,6-7,10,13H2,1H3,(H,20,21)/t17-/m1/s1. The van der Waals surface area contributed by atoms with Gasteiger partial charge in [-0.1, -0.05) is 24.3 Å². The van der Waals surface area contributed by atoms with E-state index in [0.717, 1.165) is 49.3 Å². The van der Waals surface area contributed by atoms with E-state index in [9.17, 15) is 4.79 Å². The number of nitrogens with zero attached hydrogens (tertiary/aromatic N) is 2. The predicted octanol–water partition coefficient (Wildman–Crippen LogP) is 3.88. The van der Waals surface area contributed by atoms with Gasteiger partial charge in [0.25, 0.3) is 5.91 Å². The number of carbonyl (C=O) groups is 1. The molecule has 1 aromatic carbocycles. The number of rotatable bonds is 4. The first kappa shape index (κ1) is 15.5. The number of benzene rings is 1. The lowest BCUT2D eigenvalue weighted by molar-refractivity contribution is 0.0611. The molecule has 3 rings (SSSR count). The second-order valence-corrected chi connectivity index (χ2v) is 5.88. The Hall–Kier alpha value is -2.36. The minimum Gasteiger partial charge on any atom is -0.370 e. The van der Waals surface area contributed by atoms with E-state index in [1.54, 1.807) is 0 Å². The van der Waals surface area contributed by atoms with Crippen molar-refractivity contribution in [2.24, 2.45) is 0 Å². The van der Waals surface area contributed by atoms with Gasteiger partial charge in [-0.3, -0.25) is 4.79 Å². The number of carbonyl (C=O) groups excluding carboxylic acids is 1. The Balaban J connectivity index is 1.82. The molecule has 1 N–H and O–H groups in total. The Kier molecular flexibility index (Phi) is 4.91. The maximum Gasteiger partial charge on any atom is 0.254 e. The smallest absolute Gasteiger partial charge is 0.254 e. The molecule has 0 spiro atoms. The number of amides is 1. The van der Waals surface area contributed by atoms with E-state index in [4.69, 9.17) is 0 Å². The summed E-state index contributed by atoms with van der Waals surface area (Å²) in [6.45, 7) is 3.72. The average Bonchev–Trinajstić information content (AvgIpc) is 2.63. The molecule has 0 bridgehead atoms. The molecule has 1 saturated heterocycles. The van der Waals surface area contributed by atoms with Crippen LogP contribution in [0.4, 0.5) is 5.82 Å². The highest BCUT2D eigenvalue weighted by atomic mass is 16.2. The highest BCUT2D eigenvalue weighted by Gasteiger charge is 2.28. The van der Waals surface area contributed by atoms with Gasteiger partial charge in [0.2, 0.25) is 0 Å². The zero-order valence-electron chi connectivity index (χ0n) is 13.5. The summed E-state index contributed by atoms with van der Waals surface area (Å²) in [4.78, 5) is 19.3. The monoisotopic (exact) mass is 309 g/mol. The van der Waals surface area contributed by atoms with Crippen molar-refractivity contribution in [3.8, 4) is 0 Å². The van der Waals surface area contributed by atoms with Gasteiger partial charge in [-0.15, -0.1) is 0 Å². The van der Waals surface area contributed by atoms with E-state index in [0.29, 0.717) is 0 Å².